The maximum atomic E-state index is 13.9. The monoisotopic (exact) mass is 442 g/mol. The van der Waals surface area contributed by atoms with Gasteiger partial charge in [-0.15, -0.1) is 0 Å². The molecule has 1 aliphatic heterocycles. The van der Waals surface area contributed by atoms with Gasteiger partial charge in [-0.25, -0.2) is 18.7 Å². The minimum absolute atomic E-state index is 0.130. The first-order valence-corrected chi connectivity index (χ1v) is 10.4. The van der Waals surface area contributed by atoms with E-state index in [2.05, 4.69) is 20.4 Å². The standard InChI is InChI=1S/C22H24F2N6O2/c1-13-17-5-4-15(23)10-18(17)30(28-13)21-25-11-14(12-26-21)19(31)27-16-6-8-29(9-7-16)20(32)22(2,3)24/h4-5,10-12,16H,6-9H2,1-3H3,(H,27,31). The minimum atomic E-state index is -1.90. The van der Waals surface area contributed by atoms with E-state index in [-0.39, 0.29) is 23.5 Å². The highest BCUT2D eigenvalue weighted by molar-refractivity contribution is 5.94. The molecule has 10 heteroatoms. The average molecular weight is 442 g/mol. The number of hydrogen-bond donors (Lipinski definition) is 1. The van der Waals surface area contributed by atoms with E-state index in [1.165, 1.54) is 48.0 Å². The van der Waals surface area contributed by atoms with Crippen LogP contribution in [0, 0.1) is 12.7 Å². The predicted octanol–water partition coefficient (Wildman–Crippen LogP) is 2.73. The maximum absolute atomic E-state index is 13.9. The summed E-state index contributed by atoms with van der Waals surface area (Å²) < 4.78 is 29.0. The molecule has 2 amide bonds. The number of aromatic nitrogens is 4. The molecular formula is C22H24F2N6O2. The first-order valence-electron chi connectivity index (χ1n) is 10.4. The van der Waals surface area contributed by atoms with Gasteiger partial charge in [0.25, 0.3) is 17.8 Å². The molecule has 1 saturated heterocycles. The Labute approximate surface area is 183 Å². The molecule has 2 aromatic heterocycles. The second-order valence-electron chi connectivity index (χ2n) is 8.44. The Morgan fingerprint density at radius 3 is 2.44 bits per heavy atom. The van der Waals surface area contributed by atoms with Gasteiger partial charge >= 0.3 is 0 Å². The number of rotatable bonds is 4. The summed E-state index contributed by atoms with van der Waals surface area (Å²) in [5, 5.41) is 8.07. The van der Waals surface area contributed by atoms with Crippen LogP contribution in [0.25, 0.3) is 16.9 Å². The van der Waals surface area contributed by atoms with E-state index in [1.54, 1.807) is 6.07 Å². The van der Waals surface area contributed by atoms with Gasteiger partial charge < -0.3 is 10.2 Å². The van der Waals surface area contributed by atoms with Crippen LogP contribution < -0.4 is 5.32 Å². The molecule has 0 aliphatic carbocycles. The molecule has 0 radical (unpaired) electrons. The van der Waals surface area contributed by atoms with E-state index in [0.29, 0.717) is 37.1 Å². The number of amides is 2. The summed E-state index contributed by atoms with van der Waals surface area (Å²) in [6.45, 7) is 5.07. The second kappa shape index (κ2) is 8.25. The Kier molecular flexibility index (Phi) is 5.62. The van der Waals surface area contributed by atoms with Crippen LogP contribution in [0.1, 0.15) is 42.7 Å². The van der Waals surface area contributed by atoms with Crippen LogP contribution in [0.15, 0.2) is 30.6 Å². The van der Waals surface area contributed by atoms with Gasteiger partial charge in [0, 0.05) is 43.0 Å². The number of likely N-dealkylation sites (tertiary alicyclic amines) is 1. The topological polar surface area (TPSA) is 93.0 Å². The van der Waals surface area contributed by atoms with Crippen molar-refractivity contribution in [2.24, 2.45) is 0 Å². The number of hydrogen-bond acceptors (Lipinski definition) is 5. The quantitative estimate of drug-likeness (QED) is 0.671. The van der Waals surface area contributed by atoms with Gasteiger partial charge in [-0.1, -0.05) is 0 Å². The molecule has 0 unspecified atom stereocenters. The van der Waals surface area contributed by atoms with Crippen molar-refractivity contribution in [2.45, 2.75) is 45.3 Å². The zero-order valence-electron chi connectivity index (χ0n) is 18.1. The lowest BCUT2D eigenvalue weighted by Gasteiger charge is -2.34. The van der Waals surface area contributed by atoms with Crippen molar-refractivity contribution in [3.05, 3.63) is 47.7 Å². The molecular weight excluding hydrogens is 418 g/mol. The number of nitrogens with one attached hydrogen (secondary N) is 1. The summed E-state index contributed by atoms with van der Waals surface area (Å²) in [7, 11) is 0. The van der Waals surface area contributed by atoms with Crippen molar-refractivity contribution in [1.29, 1.82) is 0 Å². The number of alkyl halides is 1. The third-order valence-electron chi connectivity index (χ3n) is 5.54. The number of halogens is 2. The van der Waals surface area contributed by atoms with E-state index < -0.39 is 17.4 Å². The van der Waals surface area contributed by atoms with Gasteiger partial charge in [-0.05, 0) is 45.7 Å². The van der Waals surface area contributed by atoms with Gasteiger partial charge in [-0.3, -0.25) is 9.59 Å². The third kappa shape index (κ3) is 4.30. The van der Waals surface area contributed by atoms with Gasteiger partial charge in [-0.2, -0.15) is 9.78 Å². The molecule has 168 valence electrons. The number of benzene rings is 1. The lowest BCUT2D eigenvalue weighted by Crippen LogP contribution is -2.50. The van der Waals surface area contributed by atoms with Crippen molar-refractivity contribution >= 4 is 22.7 Å². The number of carbonyl (C=O) groups is 2. The summed E-state index contributed by atoms with van der Waals surface area (Å²) in [5.41, 5.74) is -0.375. The molecule has 1 N–H and O–H groups in total. The highest BCUT2D eigenvalue weighted by atomic mass is 19.1. The van der Waals surface area contributed by atoms with Crippen molar-refractivity contribution < 1.29 is 18.4 Å². The lowest BCUT2D eigenvalue weighted by molar-refractivity contribution is -0.143. The van der Waals surface area contributed by atoms with Crippen LogP contribution >= 0.6 is 0 Å². The normalized spacial score (nSPS) is 15.2. The van der Waals surface area contributed by atoms with E-state index in [1.807, 2.05) is 6.92 Å². The van der Waals surface area contributed by atoms with Gasteiger partial charge in [0.1, 0.15) is 5.82 Å². The molecule has 3 aromatic rings. The first kappa shape index (κ1) is 21.8. The van der Waals surface area contributed by atoms with Crippen molar-refractivity contribution in [2.75, 3.05) is 13.1 Å². The number of carbonyl (C=O) groups excluding carboxylic acids is 2. The summed E-state index contributed by atoms with van der Waals surface area (Å²) in [5.74, 6) is -1.03. The third-order valence-corrected chi connectivity index (χ3v) is 5.54. The summed E-state index contributed by atoms with van der Waals surface area (Å²) >= 11 is 0. The average Bonchev–Trinajstić information content (AvgIpc) is 3.09. The molecule has 0 atom stereocenters. The van der Waals surface area contributed by atoms with Crippen LogP contribution in [-0.2, 0) is 4.79 Å². The fraction of sp³-hybridized carbons (Fsp3) is 0.409. The molecule has 1 fully saturated rings. The Morgan fingerprint density at radius 2 is 1.81 bits per heavy atom. The largest absolute Gasteiger partial charge is 0.349 e. The molecule has 0 bridgehead atoms. The van der Waals surface area contributed by atoms with Crippen LogP contribution in [0.2, 0.25) is 0 Å². The zero-order valence-corrected chi connectivity index (χ0v) is 18.1. The molecule has 4 rings (SSSR count). The van der Waals surface area contributed by atoms with Crippen LogP contribution in [-0.4, -0.2) is 61.3 Å². The number of fused-ring (bicyclic) bond motifs is 1. The van der Waals surface area contributed by atoms with Gasteiger partial charge in [0.2, 0.25) is 0 Å². The van der Waals surface area contributed by atoms with Crippen LogP contribution in [0.3, 0.4) is 0 Å². The highest BCUT2D eigenvalue weighted by Gasteiger charge is 2.34. The highest BCUT2D eigenvalue weighted by Crippen LogP contribution is 2.21. The molecule has 0 spiro atoms. The minimum Gasteiger partial charge on any atom is -0.349 e. The van der Waals surface area contributed by atoms with Crippen molar-refractivity contribution in [1.82, 2.24) is 30.0 Å². The number of aryl methyl sites for hydroxylation is 1. The SMILES string of the molecule is Cc1nn(-c2ncc(C(=O)NC3CCN(C(=O)C(C)(C)F)CC3)cn2)c2cc(F)ccc12. The van der Waals surface area contributed by atoms with E-state index >= 15 is 0 Å². The molecule has 8 nitrogen and oxygen atoms in total. The van der Waals surface area contributed by atoms with Crippen molar-refractivity contribution in [3.63, 3.8) is 0 Å². The van der Waals surface area contributed by atoms with Gasteiger partial charge in [0.15, 0.2) is 5.67 Å². The van der Waals surface area contributed by atoms with Crippen LogP contribution in [0.4, 0.5) is 8.78 Å². The first-order chi connectivity index (χ1) is 15.1. The fourth-order valence-corrected chi connectivity index (χ4v) is 3.82. The lowest BCUT2D eigenvalue weighted by atomic mass is 10.0. The Morgan fingerprint density at radius 1 is 1.16 bits per heavy atom. The number of nitrogens with zero attached hydrogens (tertiary/aromatic N) is 5. The summed E-state index contributed by atoms with van der Waals surface area (Å²) in [4.78, 5) is 34.6. The predicted molar refractivity (Wildman–Crippen MR) is 114 cm³/mol. The molecule has 1 aromatic carbocycles. The van der Waals surface area contributed by atoms with E-state index in [0.717, 1.165) is 5.39 Å². The fourth-order valence-electron chi connectivity index (χ4n) is 3.82. The molecule has 32 heavy (non-hydrogen) atoms. The molecule has 1 aliphatic rings. The van der Waals surface area contributed by atoms with E-state index in [9.17, 15) is 18.4 Å². The Bertz CT molecular complexity index is 1160. The number of piperidine rings is 1. The van der Waals surface area contributed by atoms with Crippen LogP contribution in [0.5, 0.6) is 0 Å². The second-order valence-corrected chi connectivity index (χ2v) is 8.44. The zero-order chi connectivity index (χ0) is 23.0. The smallest absolute Gasteiger partial charge is 0.259 e. The molecule has 0 saturated carbocycles. The summed E-state index contributed by atoms with van der Waals surface area (Å²) in [6, 6.07) is 4.25. The van der Waals surface area contributed by atoms with E-state index in [4.69, 9.17) is 0 Å². The maximum Gasteiger partial charge on any atom is 0.259 e. The Hall–Kier alpha value is -3.43. The Balaban J connectivity index is 1.42. The van der Waals surface area contributed by atoms with Crippen molar-refractivity contribution in [3.8, 4) is 5.95 Å². The molecule has 3 heterocycles. The van der Waals surface area contributed by atoms with Gasteiger partial charge in [0.05, 0.1) is 16.8 Å². The summed E-state index contributed by atoms with van der Waals surface area (Å²) in [6.07, 6.45) is 3.86.